The zero-order valence-electron chi connectivity index (χ0n) is 12.4. The molecule has 2 aromatic rings. The Morgan fingerprint density at radius 1 is 1.32 bits per heavy atom. The number of piperidine rings is 1. The van der Waals surface area contributed by atoms with Crippen LogP contribution in [0.3, 0.4) is 0 Å². The molecular formula is C15H18BrN5O. The highest BCUT2D eigenvalue weighted by atomic mass is 79.9. The molecule has 116 valence electrons. The zero-order valence-corrected chi connectivity index (χ0v) is 14.0. The third-order valence-corrected chi connectivity index (χ3v) is 5.45. The van der Waals surface area contributed by atoms with Gasteiger partial charge in [-0.15, -0.1) is 0 Å². The first-order valence-electron chi connectivity index (χ1n) is 7.64. The Morgan fingerprint density at radius 2 is 2.18 bits per heavy atom. The van der Waals surface area contributed by atoms with Crippen LogP contribution in [0, 0.1) is 0 Å². The van der Waals surface area contributed by atoms with E-state index in [0.29, 0.717) is 6.04 Å². The summed E-state index contributed by atoms with van der Waals surface area (Å²) in [7, 11) is 1.88. The molecule has 0 radical (unpaired) electrons. The number of urea groups is 1. The van der Waals surface area contributed by atoms with Crippen molar-refractivity contribution in [1.29, 1.82) is 0 Å². The van der Waals surface area contributed by atoms with E-state index in [1.165, 1.54) is 0 Å². The summed E-state index contributed by atoms with van der Waals surface area (Å²) in [4.78, 5) is 25.1. The summed E-state index contributed by atoms with van der Waals surface area (Å²) in [6, 6.07) is 0.554. The molecule has 2 amide bonds. The number of amides is 2. The summed E-state index contributed by atoms with van der Waals surface area (Å²) in [5.74, 6) is 1.29. The molecule has 0 aromatic carbocycles. The van der Waals surface area contributed by atoms with Crippen LogP contribution in [0.2, 0.25) is 0 Å². The van der Waals surface area contributed by atoms with Gasteiger partial charge in [0.2, 0.25) is 0 Å². The molecule has 2 atom stereocenters. The molecule has 2 aromatic heterocycles. The van der Waals surface area contributed by atoms with Crippen LogP contribution in [0.15, 0.2) is 23.2 Å². The zero-order chi connectivity index (χ0) is 15.3. The van der Waals surface area contributed by atoms with Gasteiger partial charge in [-0.1, -0.05) is 0 Å². The molecule has 22 heavy (non-hydrogen) atoms. The van der Waals surface area contributed by atoms with Crippen molar-refractivity contribution in [2.24, 2.45) is 0 Å². The van der Waals surface area contributed by atoms with Gasteiger partial charge in [-0.25, -0.2) is 9.78 Å². The maximum Gasteiger partial charge on any atom is 0.320 e. The third kappa shape index (κ3) is 2.10. The summed E-state index contributed by atoms with van der Waals surface area (Å²) < 4.78 is 2.90. The van der Waals surface area contributed by atoms with Crippen LogP contribution < -0.4 is 0 Å². The monoisotopic (exact) mass is 363 g/mol. The lowest BCUT2D eigenvalue weighted by molar-refractivity contribution is 0.0805. The van der Waals surface area contributed by atoms with E-state index in [1.807, 2.05) is 29.2 Å². The van der Waals surface area contributed by atoms with Crippen LogP contribution in [0.4, 0.5) is 4.79 Å². The second kappa shape index (κ2) is 5.22. The second-order valence-electron chi connectivity index (χ2n) is 6.17. The van der Waals surface area contributed by atoms with Crippen molar-refractivity contribution >= 4 is 27.5 Å². The normalized spacial score (nSPS) is 25.6. The fourth-order valence-corrected chi connectivity index (χ4v) is 4.12. The van der Waals surface area contributed by atoms with Crippen LogP contribution in [-0.4, -0.2) is 56.4 Å². The lowest BCUT2D eigenvalue weighted by Crippen LogP contribution is -2.56. The van der Waals surface area contributed by atoms with Gasteiger partial charge in [0.25, 0.3) is 0 Å². The molecule has 0 saturated carbocycles. The number of nitrogens with zero attached hydrogens (tertiary/aromatic N) is 5. The summed E-state index contributed by atoms with van der Waals surface area (Å²) in [5.41, 5.74) is 0.974. The number of hydrogen-bond acceptors (Lipinski definition) is 3. The standard InChI is InChI=1S/C15H18BrN5O/c1-19-6-4-11-3-2-10(9-21(11)15(19)22)14-18-13(16)12-8-17-5-7-20(12)14/h5,7-8,10-11H,2-4,6,9H2,1H3/t10-,11?/m1/s1. The van der Waals surface area contributed by atoms with Crippen LogP contribution in [0.1, 0.15) is 31.0 Å². The average Bonchev–Trinajstić information content (AvgIpc) is 2.88. The van der Waals surface area contributed by atoms with Crippen LogP contribution >= 0.6 is 15.9 Å². The van der Waals surface area contributed by atoms with Crippen molar-refractivity contribution in [3.8, 4) is 0 Å². The number of imidazole rings is 1. The first-order chi connectivity index (χ1) is 10.6. The Balaban J connectivity index is 1.67. The largest absolute Gasteiger partial charge is 0.328 e. The number of carbonyl (C=O) groups excluding carboxylic acids is 1. The van der Waals surface area contributed by atoms with Gasteiger partial charge >= 0.3 is 6.03 Å². The van der Waals surface area contributed by atoms with Gasteiger partial charge in [0.1, 0.15) is 10.4 Å². The van der Waals surface area contributed by atoms with Crippen molar-refractivity contribution in [1.82, 2.24) is 24.2 Å². The number of hydrogen-bond donors (Lipinski definition) is 0. The minimum absolute atomic E-state index is 0.155. The SMILES string of the molecule is CN1CCC2CC[C@@H](c3nc(Br)c4cnccn34)CN2C1=O. The Bertz CT molecular complexity index is 730. The van der Waals surface area contributed by atoms with Crippen molar-refractivity contribution < 1.29 is 4.79 Å². The maximum atomic E-state index is 12.4. The molecule has 1 unspecified atom stereocenters. The number of fused-ring (bicyclic) bond motifs is 2. The minimum Gasteiger partial charge on any atom is -0.328 e. The Morgan fingerprint density at radius 3 is 3.05 bits per heavy atom. The molecule has 0 aliphatic carbocycles. The topological polar surface area (TPSA) is 53.7 Å². The Kier molecular flexibility index (Phi) is 3.32. The summed E-state index contributed by atoms with van der Waals surface area (Å²) in [6.07, 6.45) is 8.74. The Hall–Kier alpha value is -1.63. The smallest absolute Gasteiger partial charge is 0.320 e. The lowest BCUT2D eigenvalue weighted by Gasteiger charge is -2.45. The van der Waals surface area contributed by atoms with E-state index in [-0.39, 0.29) is 11.9 Å². The van der Waals surface area contributed by atoms with E-state index >= 15 is 0 Å². The van der Waals surface area contributed by atoms with Crippen molar-refractivity contribution in [3.05, 3.63) is 29.0 Å². The number of carbonyl (C=O) groups is 1. The first kappa shape index (κ1) is 14.0. The summed E-state index contributed by atoms with van der Waals surface area (Å²) in [5, 5.41) is 0. The highest BCUT2D eigenvalue weighted by Gasteiger charge is 2.38. The molecule has 2 fully saturated rings. The number of rotatable bonds is 1. The minimum atomic E-state index is 0.155. The van der Waals surface area contributed by atoms with E-state index in [0.717, 1.165) is 48.3 Å². The molecule has 0 spiro atoms. The molecule has 2 aliphatic rings. The third-order valence-electron chi connectivity index (χ3n) is 4.87. The number of halogens is 1. The maximum absolute atomic E-state index is 12.4. The molecule has 0 N–H and O–H groups in total. The van der Waals surface area contributed by atoms with Crippen LogP contribution in [0.5, 0.6) is 0 Å². The highest BCUT2D eigenvalue weighted by Crippen LogP contribution is 2.34. The van der Waals surface area contributed by atoms with Gasteiger partial charge in [0.05, 0.1) is 11.7 Å². The van der Waals surface area contributed by atoms with Gasteiger partial charge in [-0.3, -0.25) is 9.38 Å². The van der Waals surface area contributed by atoms with Crippen LogP contribution in [0.25, 0.3) is 5.52 Å². The van der Waals surface area contributed by atoms with Crippen LogP contribution in [-0.2, 0) is 0 Å². The molecule has 6 nitrogen and oxygen atoms in total. The highest BCUT2D eigenvalue weighted by molar-refractivity contribution is 9.10. The average molecular weight is 364 g/mol. The summed E-state index contributed by atoms with van der Waals surface area (Å²) in [6.45, 7) is 1.62. The van der Waals surface area contributed by atoms with Gasteiger partial charge < -0.3 is 9.80 Å². The van der Waals surface area contributed by atoms with Gasteiger partial charge in [-0.2, -0.15) is 0 Å². The fraction of sp³-hybridized carbons (Fsp3) is 0.533. The van der Waals surface area contributed by atoms with E-state index in [9.17, 15) is 4.79 Å². The summed E-state index contributed by atoms with van der Waals surface area (Å²) >= 11 is 3.51. The number of aromatic nitrogens is 3. The molecule has 4 heterocycles. The first-order valence-corrected chi connectivity index (χ1v) is 8.43. The van der Waals surface area contributed by atoms with E-state index in [2.05, 4.69) is 30.3 Å². The van der Waals surface area contributed by atoms with Crippen molar-refractivity contribution in [3.63, 3.8) is 0 Å². The van der Waals surface area contributed by atoms with Gasteiger partial charge in [-0.05, 0) is 35.2 Å². The second-order valence-corrected chi connectivity index (χ2v) is 6.92. The predicted octanol–water partition coefficient (Wildman–Crippen LogP) is 2.50. The fourth-order valence-electron chi connectivity index (χ4n) is 3.64. The Labute approximate surface area is 137 Å². The van der Waals surface area contributed by atoms with E-state index in [4.69, 9.17) is 0 Å². The molecule has 4 rings (SSSR count). The molecule has 7 heteroatoms. The van der Waals surface area contributed by atoms with Gasteiger partial charge in [0, 0.05) is 44.5 Å². The van der Waals surface area contributed by atoms with E-state index < -0.39 is 0 Å². The molecular weight excluding hydrogens is 346 g/mol. The van der Waals surface area contributed by atoms with Gasteiger partial charge in [0.15, 0.2) is 0 Å². The lowest BCUT2D eigenvalue weighted by atomic mass is 9.89. The van der Waals surface area contributed by atoms with Crippen molar-refractivity contribution in [2.45, 2.75) is 31.2 Å². The predicted molar refractivity (Wildman–Crippen MR) is 85.8 cm³/mol. The van der Waals surface area contributed by atoms with E-state index in [1.54, 1.807) is 6.20 Å². The quantitative estimate of drug-likeness (QED) is 0.781. The molecule has 2 saturated heterocycles. The van der Waals surface area contributed by atoms with Crippen molar-refractivity contribution in [2.75, 3.05) is 20.1 Å². The molecule has 0 bridgehead atoms. The molecule has 2 aliphatic heterocycles.